The van der Waals surface area contributed by atoms with Crippen molar-refractivity contribution >= 4 is 22.7 Å². The van der Waals surface area contributed by atoms with E-state index < -0.39 is 0 Å². The van der Waals surface area contributed by atoms with E-state index in [-0.39, 0.29) is 11.5 Å². The lowest BCUT2D eigenvalue weighted by atomic mass is 9.98. The second-order valence-electron chi connectivity index (χ2n) is 6.07. The molecule has 2 heterocycles. The molecule has 0 spiro atoms. The van der Waals surface area contributed by atoms with Gasteiger partial charge in [0.15, 0.2) is 0 Å². The Morgan fingerprint density at radius 2 is 2.11 bits per heavy atom. The fraction of sp³-hybridized carbons (Fsp3) is 0.571. The SMILES string of the molecule is CC(C)(C)c1nc(C(NC2CC2)c2nccs2)cs1. The maximum atomic E-state index is 4.84. The van der Waals surface area contributed by atoms with Crippen molar-refractivity contribution in [3.63, 3.8) is 0 Å². The van der Waals surface area contributed by atoms with Crippen molar-refractivity contribution in [2.75, 3.05) is 0 Å². The first kappa shape index (κ1) is 13.2. The zero-order valence-corrected chi connectivity index (χ0v) is 13.1. The fourth-order valence-electron chi connectivity index (χ4n) is 1.91. The van der Waals surface area contributed by atoms with E-state index in [1.54, 1.807) is 22.7 Å². The van der Waals surface area contributed by atoms with Gasteiger partial charge >= 0.3 is 0 Å². The molecule has 3 rings (SSSR count). The molecule has 1 unspecified atom stereocenters. The van der Waals surface area contributed by atoms with Crippen molar-refractivity contribution in [3.05, 3.63) is 32.7 Å². The standard InChI is InChI=1S/C14H19N3S2/c1-14(2,3)13-17-10(8-19-13)11(16-9-4-5-9)12-15-6-7-18-12/h6-9,11,16H,4-5H2,1-3H3. The van der Waals surface area contributed by atoms with Crippen molar-refractivity contribution in [1.29, 1.82) is 0 Å². The van der Waals surface area contributed by atoms with Crippen LogP contribution in [0.1, 0.15) is 55.4 Å². The predicted octanol–water partition coefficient (Wildman–Crippen LogP) is 3.74. The molecule has 19 heavy (non-hydrogen) atoms. The summed E-state index contributed by atoms with van der Waals surface area (Å²) in [5, 5.41) is 10.2. The van der Waals surface area contributed by atoms with E-state index in [0.717, 1.165) is 10.7 Å². The first-order valence-electron chi connectivity index (χ1n) is 6.65. The van der Waals surface area contributed by atoms with Gasteiger partial charge in [-0.15, -0.1) is 22.7 Å². The van der Waals surface area contributed by atoms with Crippen LogP contribution in [0, 0.1) is 0 Å². The number of hydrogen-bond acceptors (Lipinski definition) is 5. The number of rotatable bonds is 4. The lowest BCUT2D eigenvalue weighted by Gasteiger charge is -2.16. The molecule has 0 aliphatic heterocycles. The van der Waals surface area contributed by atoms with Crippen LogP contribution in [0.25, 0.3) is 0 Å². The van der Waals surface area contributed by atoms with Crippen LogP contribution in [0.3, 0.4) is 0 Å². The van der Waals surface area contributed by atoms with Crippen LogP contribution in [0.4, 0.5) is 0 Å². The van der Waals surface area contributed by atoms with Gasteiger partial charge in [-0.05, 0) is 12.8 Å². The average molecular weight is 293 g/mol. The number of aromatic nitrogens is 2. The topological polar surface area (TPSA) is 37.8 Å². The molecule has 2 aromatic heterocycles. The van der Waals surface area contributed by atoms with Crippen molar-refractivity contribution in [1.82, 2.24) is 15.3 Å². The van der Waals surface area contributed by atoms with Gasteiger partial charge in [0, 0.05) is 28.4 Å². The zero-order chi connectivity index (χ0) is 13.5. The summed E-state index contributed by atoms with van der Waals surface area (Å²) >= 11 is 3.46. The molecule has 1 N–H and O–H groups in total. The summed E-state index contributed by atoms with van der Waals surface area (Å²) in [5.74, 6) is 0. The molecule has 5 heteroatoms. The monoisotopic (exact) mass is 293 g/mol. The summed E-state index contributed by atoms with van der Waals surface area (Å²) in [6, 6.07) is 0.813. The quantitative estimate of drug-likeness (QED) is 0.933. The molecule has 0 amide bonds. The van der Waals surface area contributed by atoms with Crippen molar-refractivity contribution in [2.45, 2.75) is 51.1 Å². The fourth-order valence-corrected chi connectivity index (χ4v) is 3.55. The van der Waals surface area contributed by atoms with Crippen molar-refractivity contribution in [3.8, 4) is 0 Å². The molecule has 0 bridgehead atoms. The van der Waals surface area contributed by atoms with Gasteiger partial charge in [-0.3, -0.25) is 0 Å². The third-order valence-electron chi connectivity index (χ3n) is 3.14. The lowest BCUT2D eigenvalue weighted by Crippen LogP contribution is -2.25. The van der Waals surface area contributed by atoms with E-state index in [1.165, 1.54) is 17.8 Å². The Morgan fingerprint density at radius 1 is 1.32 bits per heavy atom. The second-order valence-corrected chi connectivity index (χ2v) is 7.86. The van der Waals surface area contributed by atoms with E-state index in [1.807, 2.05) is 11.6 Å². The van der Waals surface area contributed by atoms with Crippen LogP contribution in [-0.2, 0) is 5.41 Å². The van der Waals surface area contributed by atoms with Gasteiger partial charge in [0.2, 0.25) is 0 Å². The highest BCUT2D eigenvalue weighted by Gasteiger charge is 2.30. The third kappa shape index (κ3) is 3.04. The minimum Gasteiger partial charge on any atom is -0.300 e. The molecule has 0 radical (unpaired) electrons. The Morgan fingerprint density at radius 3 is 2.63 bits per heavy atom. The van der Waals surface area contributed by atoms with E-state index >= 15 is 0 Å². The Labute approximate surface area is 122 Å². The van der Waals surface area contributed by atoms with Gasteiger partial charge in [0.25, 0.3) is 0 Å². The number of thiazole rings is 2. The number of hydrogen-bond donors (Lipinski definition) is 1. The number of nitrogens with one attached hydrogen (secondary N) is 1. The minimum atomic E-state index is 0.121. The summed E-state index contributed by atoms with van der Waals surface area (Å²) in [6.07, 6.45) is 4.43. The molecule has 1 aliphatic rings. The Kier molecular flexibility index (Phi) is 3.45. The summed E-state index contributed by atoms with van der Waals surface area (Å²) in [6.45, 7) is 6.63. The average Bonchev–Trinajstić information content (AvgIpc) is 2.86. The third-order valence-corrected chi connectivity index (χ3v) is 5.26. The molecular formula is C14H19N3S2. The van der Waals surface area contributed by atoms with E-state index in [4.69, 9.17) is 4.98 Å². The van der Waals surface area contributed by atoms with Gasteiger partial charge in [-0.25, -0.2) is 9.97 Å². The molecule has 1 saturated carbocycles. The highest BCUT2D eigenvalue weighted by atomic mass is 32.1. The van der Waals surface area contributed by atoms with Gasteiger partial charge in [-0.2, -0.15) is 0 Å². The van der Waals surface area contributed by atoms with Crippen LogP contribution < -0.4 is 5.32 Å². The van der Waals surface area contributed by atoms with Gasteiger partial charge in [0.05, 0.1) is 10.7 Å². The van der Waals surface area contributed by atoms with Crippen LogP contribution in [0.5, 0.6) is 0 Å². The summed E-state index contributed by atoms with van der Waals surface area (Å²) in [7, 11) is 0. The molecule has 1 aliphatic carbocycles. The zero-order valence-electron chi connectivity index (χ0n) is 11.5. The molecule has 2 aromatic rings. The Bertz CT molecular complexity index is 535. The Balaban J connectivity index is 1.88. The maximum absolute atomic E-state index is 4.84. The predicted molar refractivity (Wildman–Crippen MR) is 80.9 cm³/mol. The van der Waals surface area contributed by atoms with Gasteiger partial charge < -0.3 is 5.32 Å². The van der Waals surface area contributed by atoms with E-state index in [0.29, 0.717) is 6.04 Å². The molecule has 0 aromatic carbocycles. The molecule has 0 saturated heterocycles. The van der Waals surface area contributed by atoms with Crippen molar-refractivity contribution in [2.24, 2.45) is 0 Å². The van der Waals surface area contributed by atoms with Gasteiger partial charge in [0.1, 0.15) is 11.0 Å². The highest BCUT2D eigenvalue weighted by Crippen LogP contribution is 2.33. The Hall–Kier alpha value is -0.780. The first-order chi connectivity index (χ1) is 9.04. The molecule has 1 fully saturated rings. The summed E-state index contributed by atoms with van der Waals surface area (Å²) in [4.78, 5) is 9.31. The molecular weight excluding hydrogens is 274 g/mol. The van der Waals surface area contributed by atoms with Crippen LogP contribution >= 0.6 is 22.7 Å². The van der Waals surface area contributed by atoms with Crippen LogP contribution in [0.2, 0.25) is 0 Å². The smallest absolute Gasteiger partial charge is 0.116 e. The number of nitrogens with zero attached hydrogens (tertiary/aromatic N) is 2. The van der Waals surface area contributed by atoms with Gasteiger partial charge in [-0.1, -0.05) is 20.8 Å². The van der Waals surface area contributed by atoms with Crippen LogP contribution in [0.15, 0.2) is 17.0 Å². The highest BCUT2D eigenvalue weighted by molar-refractivity contribution is 7.10. The van der Waals surface area contributed by atoms with Crippen molar-refractivity contribution < 1.29 is 0 Å². The largest absolute Gasteiger partial charge is 0.300 e. The molecule has 3 nitrogen and oxygen atoms in total. The first-order valence-corrected chi connectivity index (χ1v) is 8.41. The summed E-state index contributed by atoms with van der Waals surface area (Å²) in [5.41, 5.74) is 1.24. The molecule has 1 atom stereocenters. The van der Waals surface area contributed by atoms with Crippen LogP contribution in [-0.4, -0.2) is 16.0 Å². The van der Waals surface area contributed by atoms with E-state index in [9.17, 15) is 0 Å². The molecule has 102 valence electrons. The lowest BCUT2D eigenvalue weighted by molar-refractivity contribution is 0.561. The van der Waals surface area contributed by atoms with E-state index in [2.05, 4.69) is 36.5 Å². The normalized spacial score (nSPS) is 17.6. The maximum Gasteiger partial charge on any atom is 0.116 e. The second kappa shape index (κ2) is 4.96. The summed E-state index contributed by atoms with van der Waals surface area (Å²) < 4.78 is 0. The minimum absolute atomic E-state index is 0.121.